The third kappa shape index (κ3) is 2.97. The summed E-state index contributed by atoms with van der Waals surface area (Å²) in [6.07, 6.45) is 7.64. The summed E-state index contributed by atoms with van der Waals surface area (Å²) in [5.74, 6) is 0. The van der Waals surface area contributed by atoms with Gasteiger partial charge < -0.3 is 5.11 Å². The Labute approximate surface area is 113 Å². The summed E-state index contributed by atoms with van der Waals surface area (Å²) in [7, 11) is -1.03. The molecular weight excluding hydrogens is 246 g/mol. The molecule has 1 unspecified atom stereocenters. The van der Waals surface area contributed by atoms with Gasteiger partial charge in [-0.1, -0.05) is 19.3 Å². The van der Waals surface area contributed by atoms with Crippen LogP contribution < -0.4 is 4.72 Å². The van der Waals surface area contributed by atoms with Crippen molar-refractivity contribution in [3.63, 3.8) is 0 Å². The van der Waals surface area contributed by atoms with Gasteiger partial charge in [0.15, 0.2) is 0 Å². The van der Waals surface area contributed by atoms with Crippen LogP contribution in [-0.2, 0) is 11.0 Å². The summed E-state index contributed by atoms with van der Waals surface area (Å²) < 4.78 is 15.4. The van der Waals surface area contributed by atoms with Crippen LogP contribution in [-0.4, -0.2) is 26.2 Å². The maximum absolute atomic E-state index is 12.3. The normalized spacial score (nSPS) is 33.8. The summed E-state index contributed by atoms with van der Waals surface area (Å²) in [5.41, 5.74) is 0.207. The van der Waals surface area contributed by atoms with Crippen LogP contribution in [0.2, 0.25) is 0 Å². The van der Waals surface area contributed by atoms with Crippen LogP contribution in [0.3, 0.4) is 0 Å². The number of rotatable bonds is 2. The van der Waals surface area contributed by atoms with Crippen LogP contribution in [0, 0.1) is 5.41 Å². The molecular formula is C14H27NO2S. The highest BCUT2D eigenvalue weighted by Gasteiger charge is 2.48. The zero-order chi connectivity index (χ0) is 13.4. The van der Waals surface area contributed by atoms with Crippen molar-refractivity contribution < 1.29 is 9.32 Å². The van der Waals surface area contributed by atoms with Crippen molar-refractivity contribution in [3.8, 4) is 0 Å². The maximum atomic E-state index is 12.3. The number of hydrogen-bond acceptors (Lipinski definition) is 2. The van der Waals surface area contributed by atoms with Crippen LogP contribution in [0.25, 0.3) is 0 Å². The fourth-order valence-electron chi connectivity index (χ4n) is 3.50. The smallest absolute Gasteiger partial charge is 0.0972 e. The van der Waals surface area contributed by atoms with Gasteiger partial charge in [0, 0.05) is 6.04 Å². The number of nitrogens with one attached hydrogen (secondary N) is 1. The van der Waals surface area contributed by atoms with Gasteiger partial charge in [-0.2, -0.15) is 0 Å². The van der Waals surface area contributed by atoms with Crippen molar-refractivity contribution in [1.82, 2.24) is 4.72 Å². The van der Waals surface area contributed by atoms with E-state index in [9.17, 15) is 9.32 Å². The van der Waals surface area contributed by atoms with Gasteiger partial charge in [-0.25, -0.2) is 8.93 Å². The van der Waals surface area contributed by atoms with E-state index in [0.29, 0.717) is 0 Å². The minimum atomic E-state index is -1.03. The highest BCUT2D eigenvalue weighted by Crippen LogP contribution is 2.49. The molecule has 0 radical (unpaired) electrons. The van der Waals surface area contributed by atoms with Gasteiger partial charge in [0.05, 0.1) is 21.8 Å². The van der Waals surface area contributed by atoms with Crippen molar-refractivity contribution in [2.75, 3.05) is 0 Å². The molecule has 0 bridgehead atoms. The minimum absolute atomic E-state index is 0.207. The topological polar surface area (TPSA) is 49.3 Å². The van der Waals surface area contributed by atoms with Crippen molar-refractivity contribution in [2.45, 2.75) is 82.6 Å². The molecule has 2 rings (SSSR count). The minimum Gasteiger partial charge on any atom is -0.393 e. The van der Waals surface area contributed by atoms with Crippen LogP contribution in [0.15, 0.2) is 0 Å². The van der Waals surface area contributed by atoms with Crippen molar-refractivity contribution in [2.24, 2.45) is 5.41 Å². The van der Waals surface area contributed by atoms with E-state index in [1.165, 1.54) is 32.1 Å². The van der Waals surface area contributed by atoms with Crippen LogP contribution in [0.5, 0.6) is 0 Å². The first-order valence-corrected chi connectivity index (χ1v) is 8.35. The van der Waals surface area contributed by atoms with Crippen LogP contribution >= 0.6 is 0 Å². The van der Waals surface area contributed by atoms with E-state index < -0.39 is 11.0 Å². The van der Waals surface area contributed by atoms with Crippen molar-refractivity contribution >= 4 is 11.0 Å². The zero-order valence-corrected chi connectivity index (χ0v) is 12.7. The van der Waals surface area contributed by atoms with Gasteiger partial charge in [0.25, 0.3) is 0 Å². The Morgan fingerprint density at radius 2 is 1.83 bits per heavy atom. The van der Waals surface area contributed by atoms with Gasteiger partial charge in [-0.3, -0.25) is 0 Å². The Morgan fingerprint density at radius 3 is 2.39 bits per heavy atom. The molecule has 2 aliphatic rings. The largest absolute Gasteiger partial charge is 0.393 e. The highest BCUT2D eigenvalue weighted by molar-refractivity contribution is 7.84. The Bertz CT molecular complexity index is 318. The summed E-state index contributed by atoms with van der Waals surface area (Å²) in [6.45, 7) is 5.99. The first kappa shape index (κ1) is 14.5. The fourth-order valence-corrected chi connectivity index (χ4v) is 4.46. The summed E-state index contributed by atoms with van der Waals surface area (Å²) >= 11 is 0. The quantitative estimate of drug-likeness (QED) is 0.812. The molecule has 3 nitrogen and oxygen atoms in total. The van der Waals surface area contributed by atoms with E-state index in [-0.39, 0.29) is 22.3 Å². The van der Waals surface area contributed by atoms with E-state index in [1.54, 1.807) is 0 Å². The van der Waals surface area contributed by atoms with Crippen molar-refractivity contribution in [1.29, 1.82) is 0 Å². The Morgan fingerprint density at radius 1 is 1.22 bits per heavy atom. The van der Waals surface area contributed by atoms with Gasteiger partial charge in [-0.05, 0) is 51.9 Å². The molecule has 3 atom stereocenters. The fraction of sp³-hybridized carbons (Fsp3) is 1.00. The molecule has 0 saturated heterocycles. The molecule has 0 aromatic carbocycles. The average Bonchev–Trinajstić information content (AvgIpc) is 2.54. The highest BCUT2D eigenvalue weighted by atomic mass is 32.2. The summed E-state index contributed by atoms with van der Waals surface area (Å²) in [5, 5.41) is 9.99. The van der Waals surface area contributed by atoms with E-state index in [1.807, 2.05) is 20.8 Å². The van der Waals surface area contributed by atoms with Crippen molar-refractivity contribution in [3.05, 3.63) is 0 Å². The van der Waals surface area contributed by atoms with Gasteiger partial charge in [-0.15, -0.1) is 0 Å². The molecule has 0 aromatic rings. The Kier molecular flexibility index (Phi) is 4.20. The standard InChI is InChI=1S/C14H27NO2S/c1-13(2,3)18(17)15-12-9-11(16)10-14(12)7-5-4-6-8-14/h11-12,15-16H,4-10H2,1-3H3/t11-,12+,18?/m0/s1. The molecule has 106 valence electrons. The molecule has 2 aliphatic carbocycles. The average molecular weight is 273 g/mol. The SMILES string of the molecule is CC(C)(C)S(=O)N[C@@H]1C[C@H](O)CC12CCCCC2. The molecule has 0 amide bonds. The number of hydrogen-bond donors (Lipinski definition) is 2. The number of aliphatic hydroxyl groups excluding tert-OH is 1. The molecule has 2 fully saturated rings. The molecule has 18 heavy (non-hydrogen) atoms. The monoisotopic (exact) mass is 273 g/mol. The van der Waals surface area contributed by atoms with Gasteiger partial charge >= 0.3 is 0 Å². The second-order valence-corrected chi connectivity index (χ2v) is 9.07. The predicted octanol–water partition coefficient (Wildman–Crippen LogP) is 2.51. The van der Waals surface area contributed by atoms with Crippen LogP contribution in [0.1, 0.15) is 65.7 Å². The zero-order valence-electron chi connectivity index (χ0n) is 11.9. The molecule has 0 aliphatic heterocycles. The summed E-state index contributed by atoms with van der Waals surface area (Å²) in [6, 6.07) is 0.229. The van der Waals surface area contributed by atoms with E-state index >= 15 is 0 Å². The first-order valence-electron chi connectivity index (χ1n) is 7.20. The van der Waals surface area contributed by atoms with E-state index in [2.05, 4.69) is 4.72 Å². The molecule has 0 heterocycles. The molecule has 2 N–H and O–H groups in total. The first-order chi connectivity index (χ1) is 8.33. The lowest BCUT2D eigenvalue weighted by atomic mass is 9.70. The summed E-state index contributed by atoms with van der Waals surface area (Å²) in [4.78, 5) is 0. The maximum Gasteiger partial charge on any atom is 0.0972 e. The molecule has 0 aromatic heterocycles. The Balaban J connectivity index is 2.08. The number of aliphatic hydroxyl groups is 1. The van der Waals surface area contributed by atoms with E-state index in [4.69, 9.17) is 0 Å². The second kappa shape index (κ2) is 5.22. The second-order valence-electron chi connectivity index (χ2n) is 7.07. The third-order valence-corrected chi connectivity index (χ3v) is 6.15. The Hall–Kier alpha value is 0.0700. The molecule has 2 saturated carbocycles. The third-order valence-electron chi connectivity index (χ3n) is 4.54. The lowest BCUT2D eigenvalue weighted by Crippen LogP contribution is -2.47. The van der Waals surface area contributed by atoms with Crippen LogP contribution in [0.4, 0.5) is 0 Å². The lowest BCUT2D eigenvalue weighted by Gasteiger charge is -2.39. The van der Waals surface area contributed by atoms with Gasteiger partial charge in [0.1, 0.15) is 0 Å². The molecule has 1 spiro atoms. The van der Waals surface area contributed by atoms with E-state index in [0.717, 1.165) is 12.8 Å². The van der Waals surface area contributed by atoms with Gasteiger partial charge in [0.2, 0.25) is 0 Å². The molecule has 4 heteroatoms. The predicted molar refractivity (Wildman–Crippen MR) is 75.6 cm³/mol. The lowest BCUT2D eigenvalue weighted by molar-refractivity contribution is 0.127.